The Morgan fingerprint density at radius 3 is 3.00 bits per heavy atom. The van der Waals surface area contributed by atoms with E-state index in [1.807, 2.05) is 6.20 Å². The third kappa shape index (κ3) is 2.75. The van der Waals surface area contributed by atoms with Crippen molar-refractivity contribution in [3.63, 3.8) is 0 Å². The molecule has 2 rings (SSSR count). The highest BCUT2D eigenvalue weighted by molar-refractivity contribution is 5.10. The molecule has 1 aromatic heterocycles. The smallest absolute Gasteiger partial charge is 0.0811 e. The minimum atomic E-state index is 0.268. The molecule has 0 aromatic carbocycles. The van der Waals surface area contributed by atoms with Gasteiger partial charge in [0.1, 0.15) is 0 Å². The van der Waals surface area contributed by atoms with Crippen LogP contribution in [0.5, 0.6) is 0 Å². The van der Waals surface area contributed by atoms with E-state index in [4.69, 9.17) is 4.74 Å². The average molecular weight is 251 g/mol. The molecule has 4 heteroatoms. The average Bonchev–Trinajstić information content (AvgIpc) is 2.99. The maximum absolute atomic E-state index is 5.94. The molecule has 3 unspecified atom stereocenters. The maximum Gasteiger partial charge on any atom is 0.0811 e. The highest BCUT2D eigenvalue weighted by Gasteiger charge is 2.34. The van der Waals surface area contributed by atoms with Crippen molar-refractivity contribution < 1.29 is 4.74 Å². The van der Waals surface area contributed by atoms with Gasteiger partial charge in [0.15, 0.2) is 0 Å². The van der Waals surface area contributed by atoms with Crippen molar-refractivity contribution in [3.05, 3.63) is 18.0 Å². The lowest BCUT2D eigenvalue weighted by molar-refractivity contribution is 0.0580. The largest absolute Gasteiger partial charge is 0.376 e. The molecule has 0 radical (unpaired) electrons. The zero-order valence-electron chi connectivity index (χ0n) is 11.7. The lowest BCUT2D eigenvalue weighted by Gasteiger charge is -2.27. The zero-order chi connectivity index (χ0) is 13.0. The van der Waals surface area contributed by atoms with Crippen LogP contribution in [0.25, 0.3) is 0 Å². The summed E-state index contributed by atoms with van der Waals surface area (Å²) in [5.41, 5.74) is 1.25. The van der Waals surface area contributed by atoms with Crippen LogP contribution < -0.4 is 5.32 Å². The molecule has 3 atom stereocenters. The topological polar surface area (TPSA) is 39.1 Å². The SMILES string of the molecule is CCCNC(c1ccnn1CC)C1OCCC1C. The lowest BCUT2D eigenvalue weighted by atomic mass is 9.95. The van der Waals surface area contributed by atoms with Crippen molar-refractivity contribution in [3.8, 4) is 0 Å². The van der Waals surface area contributed by atoms with E-state index >= 15 is 0 Å². The van der Waals surface area contributed by atoms with Crippen LogP contribution in [0.2, 0.25) is 0 Å². The van der Waals surface area contributed by atoms with E-state index in [9.17, 15) is 0 Å². The first kappa shape index (κ1) is 13.6. The molecule has 0 spiro atoms. The molecule has 1 N–H and O–H groups in total. The summed E-state index contributed by atoms with van der Waals surface area (Å²) in [5.74, 6) is 0.611. The zero-order valence-corrected chi connectivity index (χ0v) is 11.7. The van der Waals surface area contributed by atoms with E-state index in [-0.39, 0.29) is 12.1 Å². The number of hydrogen-bond acceptors (Lipinski definition) is 3. The van der Waals surface area contributed by atoms with Crippen LogP contribution >= 0.6 is 0 Å². The van der Waals surface area contributed by atoms with Crippen LogP contribution in [0, 0.1) is 5.92 Å². The molecule has 4 nitrogen and oxygen atoms in total. The predicted molar refractivity (Wildman–Crippen MR) is 72.5 cm³/mol. The van der Waals surface area contributed by atoms with Crippen molar-refractivity contribution in [2.75, 3.05) is 13.2 Å². The van der Waals surface area contributed by atoms with Crippen LogP contribution in [0.3, 0.4) is 0 Å². The molecule has 1 fully saturated rings. The van der Waals surface area contributed by atoms with Gasteiger partial charge in [0.25, 0.3) is 0 Å². The third-order valence-corrected chi connectivity index (χ3v) is 3.75. The summed E-state index contributed by atoms with van der Waals surface area (Å²) < 4.78 is 8.02. The lowest BCUT2D eigenvalue weighted by Crippen LogP contribution is -2.36. The van der Waals surface area contributed by atoms with Gasteiger partial charge in [-0.25, -0.2) is 0 Å². The molecule has 0 aliphatic carbocycles. The Bertz CT molecular complexity index is 364. The fourth-order valence-corrected chi connectivity index (χ4v) is 2.70. The van der Waals surface area contributed by atoms with Gasteiger partial charge in [-0.05, 0) is 38.3 Å². The fraction of sp³-hybridized carbons (Fsp3) is 0.786. The Hall–Kier alpha value is -0.870. The summed E-state index contributed by atoms with van der Waals surface area (Å²) in [6, 6.07) is 2.38. The standard InChI is InChI=1S/C14H25N3O/c1-4-8-15-13(14-11(3)7-10-18-14)12-6-9-16-17(12)5-2/h6,9,11,13-15H,4-5,7-8,10H2,1-3H3. The van der Waals surface area contributed by atoms with Crippen LogP contribution in [-0.4, -0.2) is 29.0 Å². The first-order valence-electron chi connectivity index (χ1n) is 7.14. The highest BCUT2D eigenvalue weighted by atomic mass is 16.5. The number of aromatic nitrogens is 2. The minimum absolute atomic E-state index is 0.268. The monoisotopic (exact) mass is 251 g/mol. The minimum Gasteiger partial charge on any atom is -0.376 e. The predicted octanol–water partition coefficient (Wildman–Crippen LogP) is 2.37. The quantitative estimate of drug-likeness (QED) is 0.843. The van der Waals surface area contributed by atoms with Crippen LogP contribution in [0.1, 0.15) is 45.3 Å². The third-order valence-electron chi connectivity index (χ3n) is 3.75. The second-order valence-electron chi connectivity index (χ2n) is 5.10. The molecule has 1 aromatic rings. The molecule has 2 heterocycles. The van der Waals surface area contributed by atoms with Crippen LogP contribution in [-0.2, 0) is 11.3 Å². The summed E-state index contributed by atoms with van der Waals surface area (Å²) >= 11 is 0. The molecule has 18 heavy (non-hydrogen) atoms. The van der Waals surface area contributed by atoms with Gasteiger partial charge in [-0.3, -0.25) is 4.68 Å². The first-order valence-corrected chi connectivity index (χ1v) is 7.14. The second kappa shape index (κ2) is 6.34. The Balaban J connectivity index is 2.18. The Kier molecular flexibility index (Phi) is 4.78. The van der Waals surface area contributed by atoms with Gasteiger partial charge in [-0.15, -0.1) is 0 Å². The van der Waals surface area contributed by atoms with Gasteiger partial charge in [-0.2, -0.15) is 5.10 Å². The van der Waals surface area contributed by atoms with Crippen molar-refractivity contribution >= 4 is 0 Å². The van der Waals surface area contributed by atoms with E-state index in [1.54, 1.807) is 0 Å². The van der Waals surface area contributed by atoms with Gasteiger partial charge < -0.3 is 10.1 Å². The number of nitrogens with zero attached hydrogens (tertiary/aromatic N) is 2. The van der Waals surface area contributed by atoms with Gasteiger partial charge in [-0.1, -0.05) is 13.8 Å². The maximum atomic E-state index is 5.94. The summed E-state index contributed by atoms with van der Waals surface area (Å²) in [5, 5.41) is 8.01. The molecule has 0 saturated carbocycles. The Labute approximate surface area is 110 Å². The van der Waals surface area contributed by atoms with E-state index in [2.05, 4.69) is 41.9 Å². The summed E-state index contributed by atoms with van der Waals surface area (Å²) in [6.45, 7) is 9.42. The number of rotatable bonds is 6. The summed E-state index contributed by atoms with van der Waals surface area (Å²) in [4.78, 5) is 0. The molecule has 0 bridgehead atoms. The van der Waals surface area contributed by atoms with Crippen molar-refractivity contribution in [2.24, 2.45) is 5.92 Å². The van der Waals surface area contributed by atoms with E-state index in [0.29, 0.717) is 5.92 Å². The summed E-state index contributed by atoms with van der Waals surface area (Å²) in [6.07, 6.45) is 4.46. The van der Waals surface area contributed by atoms with Gasteiger partial charge in [0, 0.05) is 19.3 Å². The van der Waals surface area contributed by atoms with Crippen LogP contribution in [0.4, 0.5) is 0 Å². The van der Waals surface area contributed by atoms with E-state index in [0.717, 1.165) is 32.5 Å². The van der Waals surface area contributed by atoms with Gasteiger partial charge in [0.2, 0.25) is 0 Å². The molecular weight excluding hydrogens is 226 g/mol. The van der Waals surface area contributed by atoms with Crippen LogP contribution in [0.15, 0.2) is 12.3 Å². The molecule has 1 aliphatic heterocycles. The van der Waals surface area contributed by atoms with Crippen molar-refractivity contribution in [1.29, 1.82) is 0 Å². The number of aryl methyl sites for hydroxylation is 1. The van der Waals surface area contributed by atoms with Gasteiger partial charge in [0.05, 0.1) is 17.8 Å². The van der Waals surface area contributed by atoms with E-state index in [1.165, 1.54) is 5.69 Å². The fourth-order valence-electron chi connectivity index (χ4n) is 2.70. The highest BCUT2D eigenvalue weighted by Crippen LogP contribution is 2.31. The number of nitrogens with one attached hydrogen (secondary N) is 1. The molecular formula is C14H25N3O. The van der Waals surface area contributed by atoms with Crippen molar-refractivity contribution in [1.82, 2.24) is 15.1 Å². The molecule has 1 saturated heterocycles. The molecule has 0 amide bonds. The summed E-state index contributed by atoms with van der Waals surface area (Å²) in [7, 11) is 0. The Morgan fingerprint density at radius 1 is 1.56 bits per heavy atom. The molecule has 1 aliphatic rings. The second-order valence-corrected chi connectivity index (χ2v) is 5.10. The number of hydrogen-bond donors (Lipinski definition) is 1. The van der Waals surface area contributed by atoms with Crippen molar-refractivity contribution in [2.45, 2.75) is 52.3 Å². The number of ether oxygens (including phenoxy) is 1. The Morgan fingerprint density at radius 2 is 2.39 bits per heavy atom. The first-order chi connectivity index (χ1) is 8.77. The molecule has 102 valence electrons. The normalized spacial score (nSPS) is 25.5. The van der Waals surface area contributed by atoms with Gasteiger partial charge >= 0.3 is 0 Å². The van der Waals surface area contributed by atoms with E-state index < -0.39 is 0 Å².